The molecule has 1 aliphatic heterocycles. The van der Waals surface area contributed by atoms with Gasteiger partial charge in [-0.05, 0) is 30.0 Å². The Hall–Kier alpha value is -3.21. The monoisotopic (exact) mass is 479 g/mol. The van der Waals surface area contributed by atoms with Gasteiger partial charge < -0.3 is 21.1 Å². The van der Waals surface area contributed by atoms with Crippen LogP contribution in [-0.2, 0) is 17.9 Å². The number of amides is 1. The lowest BCUT2D eigenvalue weighted by Gasteiger charge is -2.27. The molecule has 4 N–H and O–H groups in total. The van der Waals surface area contributed by atoms with Gasteiger partial charge in [0.25, 0.3) is 0 Å². The van der Waals surface area contributed by atoms with Crippen molar-refractivity contribution in [2.75, 3.05) is 39.0 Å². The molecule has 1 fully saturated rings. The molecule has 10 heteroatoms. The van der Waals surface area contributed by atoms with Crippen molar-refractivity contribution in [1.82, 2.24) is 30.1 Å². The van der Waals surface area contributed by atoms with Crippen LogP contribution in [0.4, 0.5) is 5.82 Å². The number of nitrogens with two attached hydrogens (primary N) is 1. The molecule has 178 valence electrons. The number of nitrogens with zero attached hydrogens (tertiary/aromatic N) is 4. The van der Waals surface area contributed by atoms with E-state index in [-0.39, 0.29) is 5.91 Å². The molecule has 4 heterocycles. The van der Waals surface area contributed by atoms with Gasteiger partial charge in [0.1, 0.15) is 17.6 Å². The highest BCUT2D eigenvalue weighted by atomic mass is 32.1. The molecule has 5 rings (SSSR count). The number of nitrogens with one attached hydrogen (secondary N) is 2. The molecule has 1 aromatic carbocycles. The van der Waals surface area contributed by atoms with Gasteiger partial charge in [-0.25, -0.2) is 9.50 Å². The average Bonchev–Trinajstić information content (AvgIpc) is 3.37. The van der Waals surface area contributed by atoms with Crippen molar-refractivity contribution in [3.05, 3.63) is 41.3 Å². The van der Waals surface area contributed by atoms with Gasteiger partial charge in [0.05, 0.1) is 17.5 Å². The quantitative estimate of drug-likeness (QED) is 0.390. The molecule has 0 radical (unpaired) electrons. The fourth-order valence-corrected chi connectivity index (χ4v) is 5.88. The van der Waals surface area contributed by atoms with Gasteiger partial charge in [0, 0.05) is 62.2 Å². The Morgan fingerprint density at radius 2 is 2.09 bits per heavy atom. The highest BCUT2D eigenvalue weighted by Crippen LogP contribution is 2.44. The first kappa shape index (κ1) is 22.6. The molecule has 3 aromatic heterocycles. The molecule has 4 aromatic rings. The van der Waals surface area contributed by atoms with Crippen molar-refractivity contribution >= 4 is 38.7 Å². The Morgan fingerprint density at radius 3 is 2.82 bits per heavy atom. The van der Waals surface area contributed by atoms with E-state index in [0.717, 1.165) is 74.8 Å². The summed E-state index contributed by atoms with van der Waals surface area (Å²) in [6.07, 6.45) is 1.49. The number of carbonyl (C=O) groups is 1. The van der Waals surface area contributed by atoms with E-state index in [9.17, 15) is 4.79 Å². The lowest BCUT2D eigenvalue weighted by Crippen LogP contribution is -2.43. The van der Waals surface area contributed by atoms with Crippen LogP contribution >= 0.6 is 11.3 Å². The maximum absolute atomic E-state index is 11.9. The standard InChI is InChI=1S/C24H29N7O2S/c1-14-8-16-10-20(34-23(16)19(9-14)33-3)21-17(11-27-15(2)32)18(12-30-6-4-26-5-7-30)31-22(21)24(25)28-13-29-31/h8-10,13,26H,4-7,11-12H2,1-3H3,(H,27,32)(H2,25,28,29). The minimum Gasteiger partial charge on any atom is -0.495 e. The van der Waals surface area contributed by atoms with Gasteiger partial charge >= 0.3 is 0 Å². The van der Waals surface area contributed by atoms with Crippen LogP contribution in [0.2, 0.25) is 0 Å². The third-order valence-corrected chi connectivity index (χ3v) is 7.43. The summed E-state index contributed by atoms with van der Waals surface area (Å²) in [7, 11) is 1.70. The van der Waals surface area contributed by atoms with Crippen LogP contribution in [0.1, 0.15) is 23.7 Å². The second-order valence-corrected chi connectivity index (χ2v) is 9.69. The van der Waals surface area contributed by atoms with Crippen LogP contribution in [0.15, 0.2) is 24.5 Å². The van der Waals surface area contributed by atoms with E-state index in [1.165, 1.54) is 13.3 Å². The first-order valence-electron chi connectivity index (χ1n) is 11.3. The summed E-state index contributed by atoms with van der Waals surface area (Å²) in [4.78, 5) is 19.7. The Morgan fingerprint density at radius 1 is 1.29 bits per heavy atom. The first-order valence-corrected chi connectivity index (χ1v) is 12.2. The van der Waals surface area contributed by atoms with Crippen molar-refractivity contribution in [2.24, 2.45) is 0 Å². The Labute approximate surface area is 201 Å². The number of aryl methyl sites for hydroxylation is 1. The minimum atomic E-state index is -0.0815. The number of benzene rings is 1. The summed E-state index contributed by atoms with van der Waals surface area (Å²) in [5, 5.41) is 12.1. The van der Waals surface area contributed by atoms with E-state index in [1.807, 2.05) is 10.6 Å². The number of hydrogen-bond donors (Lipinski definition) is 3. The van der Waals surface area contributed by atoms with E-state index < -0.39 is 0 Å². The molecule has 1 aliphatic rings. The average molecular weight is 480 g/mol. The summed E-state index contributed by atoms with van der Waals surface area (Å²) < 4.78 is 8.65. The Balaban J connectivity index is 1.75. The van der Waals surface area contributed by atoms with Crippen molar-refractivity contribution in [1.29, 1.82) is 0 Å². The topological polar surface area (TPSA) is 110 Å². The molecule has 0 spiro atoms. The Kier molecular flexibility index (Phi) is 6.11. The van der Waals surface area contributed by atoms with Crippen molar-refractivity contribution in [3.63, 3.8) is 0 Å². The number of anilines is 1. The molecule has 0 atom stereocenters. The SMILES string of the molecule is COc1cc(C)cc2cc(-c3c(CNC(C)=O)c(CN4CCNCC4)n4ncnc(N)c34)sc12. The number of carbonyl (C=O) groups excluding carboxylic acids is 1. The maximum Gasteiger partial charge on any atom is 0.217 e. The predicted octanol–water partition coefficient (Wildman–Crippen LogP) is 2.55. The molecule has 0 aliphatic carbocycles. The smallest absolute Gasteiger partial charge is 0.217 e. The van der Waals surface area contributed by atoms with E-state index in [4.69, 9.17) is 10.5 Å². The zero-order chi connectivity index (χ0) is 23.8. The number of aromatic nitrogens is 3. The maximum atomic E-state index is 11.9. The Bertz CT molecular complexity index is 1370. The zero-order valence-electron chi connectivity index (χ0n) is 19.6. The molecular weight excluding hydrogens is 450 g/mol. The minimum absolute atomic E-state index is 0.0815. The molecule has 1 saturated heterocycles. The third-order valence-electron chi connectivity index (χ3n) is 6.25. The van der Waals surface area contributed by atoms with Gasteiger partial charge in [-0.2, -0.15) is 5.10 Å². The number of methoxy groups -OCH3 is 1. The van der Waals surface area contributed by atoms with Gasteiger partial charge in [-0.3, -0.25) is 9.69 Å². The number of piperazine rings is 1. The van der Waals surface area contributed by atoms with Gasteiger partial charge in [0.15, 0.2) is 5.82 Å². The third kappa shape index (κ3) is 4.08. The number of thiophene rings is 1. The van der Waals surface area contributed by atoms with Crippen LogP contribution in [0.5, 0.6) is 5.75 Å². The highest BCUT2D eigenvalue weighted by Gasteiger charge is 2.26. The van der Waals surface area contributed by atoms with Crippen molar-refractivity contribution < 1.29 is 9.53 Å². The van der Waals surface area contributed by atoms with Gasteiger partial charge in [-0.15, -0.1) is 11.3 Å². The van der Waals surface area contributed by atoms with Crippen LogP contribution in [0, 0.1) is 6.92 Å². The summed E-state index contributed by atoms with van der Waals surface area (Å²) in [6, 6.07) is 6.38. The molecule has 0 bridgehead atoms. The second-order valence-electron chi connectivity index (χ2n) is 8.64. The van der Waals surface area contributed by atoms with Gasteiger partial charge in [0.2, 0.25) is 5.91 Å². The summed E-state index contributed by atoms with van der Waals surface area (Å²) in [6.45, 7) is 8.48. The number of ether oxygens (including phenoxy) is 1. The van der Waals surface area contributed by atoms with E-state index in [1.54, 1.807) is 18.4 Å². The lowest BCUT2D eigenvalue weighted by molar-refractivity contribution is -0.119. The number of fused-ring (bicyclic) bond motifs is 2. The van der Waals surface area contributed by atoms with E-state index in [0.29, 0.717) is 18.9 Å². The fourth-order valence-electron chi connectivity index (χ4n) is 4.67. The zero-order valence-corrected chi connectivity index (χ0v) is 20.5. The second kappa shape index (κ2) is 9.21. The number of rotatable bonds is 6. The van der Waals surface area contributed by atoms with Crippen LogP contribution in [0.3, 0.4) is 0 Å². The van der Waals surface area contributed by atoms with Crippen molar-refractivity contribution in [2.45, 2.75) is 26.9 Å². The number of hydrogen-bond acceptors (Lipinski definition) is 8. The summed E-state index contributed by atoms with van der Waals surface area (Å²) >= 11 is 1.66. The summed E-state index contributed by atoms with van der Waals surface area (Å²) in [5.41, 5.74) is 11.4. The first-order chi connectivity index (χ1) is 16.5. The van der Waals surface area contributed by atoms with E-state index >= 15 is 0 Å². The van der Waals surface area contributed by atoms with Crippen molar-refractivity contribution in [3.8, 4) is 16.2 Å². The van der Waals surface area contributed by atoms with Crippen LogP contribution in [0.25, 0.3) is 26.0 Å². The molecule has 34 heavy (non-hydrogen) atoms. The lowest BCUT2D eigenvalue weighted by atomic mass is 10.1. The molecule has 9 nitrogen and oxygen atoms in total. The molecule has 0 unspecified atom stereocenters. The van der Waals surface area contributed by atoms with E-state index in [2.05, 4.69) is 44.7 Å². The van der Waals surface area contributed by atoms with Gasteiger partial charge in [-0.1, -0.05) is 6.07 Å². The highest BCUT2D eigenvalue weighted by molar-refractivity contribution is 7.22. The van der Waals surface area contributed by atoms with Crippen LogP contribution < -0.4 is 21.1 Å². The molecular formula is C24H29N7O2S. The molecule has 0 saturated carbocycles. The normalized spacial score (nSPS) is 14.7. The predicted molar refractivity (Wildman–Crippen MR) is 135 cm³/mol. The van der Waals surface area contributed by atoms with Crippen LogP contribution in [-0.4, -0.2) is 58.7 Å². The molecule has 1 amide bonds. The number of nitrogen functional groups attached to an aromatic ring is 1. The fraction of sp³-hybridized carbons (Fsp3) is 0.375. The largest absolute Gasteiger partial charge is 0.495 e. The summed E-state index contributed by atoms with van der Waals surface area (Å²) in [5.74, 6) is 1.19.